The molecule has 0 unspecified atom stereocenters. The van der Waals surface area contributed by atoms with Crippen LogP contribution in [-0.2, 0) is 6.61 Å². The van der Waals surface area contributed by atoms with Gasteiger partial charge in [-0.15, -0.1) is 0 Å². The van der Waals surface area contributed by atoms with Crippen molar-refractivity contribution >= 4 is 39.1 Å². The molecule has 108 valence electrons. The fraction of sp³-hybridized carbons (Fsp3) is 0.133. The SMILES string of the molecule is COc1cc(C#N)cc(Br)c1OCc1ccc(Cl)cc1Cl. The second kappa shape index (κ2) is 7.04. The van der Waals surface area contributed by atoms with Gasteiger partial charge < -0.3 is 9.47 Å². The summed E-state index contributed by atoms with van der Waals surface area (Å²) < 4.78 is 11.6. The normalized spacial score (nSPS) is 10.0. The number of nitrogens with zero attached hydrogens (tertiary/aromatic N) is 1. The van der Waals surface area contributed by atoms with Gasteiger partial charge in [0.25, 0.3) is 0 Å². The summed E-state index contributed by atoms with van der Waals surface area (Å²) in [5.74, 6) is 0.994. The number of halogens is 3. The third-order valence-electron chi connectivity index (χ3n) is 2.75. The van der Waals surface area contributed by atoms with Crippen molar-refractivity contribution in [2.75, 3.05) is 7.11 Å². The Morgan fingerprint density at radius 1 is 1.24 bits per heavy atom. The molecule has 0 fully saturated rings. The van der Waals surface area contributed by atoms with Crippen molar-refractivity contribution in [3.05, 3.63) is 56.0 Å². The van der Waals surface area contributed by atoms with E-state index in [1.54, 1.807) is 30.3 Å². The zero-order valence-corrected chi connectivity index (χ0v) is 14.1. The van der Waals surface area contributed by atoms with Gasteiger partial charge >= 0.3 is 0 Å². The first-order chi connectivity index (χ1) is 10.0. The smallest absolute Gasteiger partial charge is 0.175 e. The van der Waals surface area contributed by atoms with Gasteiger partial charge in [-0.05, 0) is 34.1 Å². The van der Waals surface area contributed by atoms with Crippen LogP contribution in [0.25, 0.3) is 0 Å². The van der Waals surface area contributed by atoms with Crippen LogP contribution in [0.2, 0.25) is 10.0 Å². The van der Waals surface area contributed by atoms with E-state index in [0.29, 0.717) is 31.6 Å². The Morgan fingerprint density at radius 3 is 2.62 bits per heavy atom. The minimum atomic E-state index is 0.261. The van der Waals surface area contributed by atoms with Crippen LogP contribution in [0.5, 0.6) is 11.5 Å². The van der Waals surface area contributed by atoms with Gasteiger partial charge in [-0.1, -0.05) is 29.3 Å². The van der Waals surface area contributed by atoms with Crippen LogP contribution >= 0.6 is 39.1 Å². The van der Waals surface area contributed by atoms with Crippen LogP contribution < -0.4 is 9.47 Å². The standard InChI is InChI=1S/C15H10BrCl2NO2/c1-20-14-5-9(7-19)4-12(16)15(14)21-8-10-2-3-11(17)6-13(10)18/h2-6H,8H2,1H3. The maximum Gasteiger partial charge on any atom is 0.175 e. The van der Waals surface area contributed by atoms with Crippen molar-refractivity contribution in [3.63, 3.8) is 0 Å². The molecule has 21 heavy (non-hydrogen) atoms. The van der Waals surface area contributed by atoms with Crippen LogP contribution in [0, 0.1) is 11.3 Å². The van der Waals surface area contributed by atoms with Gasteiger partial charge in [0.2, 0.25) is 0 Å². The largest absolute Gasteiger partial charge is 0.493 e. The molecule has 0 saturated heterocycles. The fourth-order valence-electron chi connectivity index (χ4n) is 1.71. The lowest BCUT2D eigenvalue weighted by Gasteiger charge is -2.13. The lowest BCUT2D eigenvalue weighted by molar-refractivity contribution is 0.282. The molecule has 6 heteroatoms. The molecular weight excluding hydrogens is 377 g/mol. The lowest BCUT2D eigenvalue weighted by Crippen LogP contribution is -2.00. The Labute approximate surface area is 141 Å². The third-order valence-corrected chi connectivity index (χ3v) is 3.92. The highest BCUT2D eigenvalue weighted by molar-refractivity contribution is 9.10. The summed E-state index contributed by atoms with van der Waals surface area (Å²) in [6.07, 6.45) is 0. The molecule has 0 saturated carbocycles. The molecule has 2 aromatic rings. The maximum absolute atomic E-state index is 8.95. The van der Waals surface area contributed by atoms with E-state index < -0.39 is 0 Å². The van der Waals surface area contributed by atoms with Crippen molar-refractivity contribution < 1.29 is 9.47 Å². The zero-order chi connectivity index (χ0) is 15.4. The maximum atomic E-state index is 8.95. The van der Waals surface area contributed by atoms with Gasteiger partial charge in [0.15, 0.2) is 11.5 Å². The molecule has 0 bridgehead atoms. The summed E-state index contributed by atoms with van der Waals surface area (Å²) in [5.41, 5.74) is 1.29. The van der Waals surface area contributed by atoms with Gasteiger partial charge in [0.05, 0.1) is 23.2 Å². The van der Waals surface area contributed by atoms with Gasteiger partial charge in [0.1, 0.15) is 6.61 Å². The quantitative estimate of drug-likeness (QED) is 0.723. The summed E-state index contributed by atoms with van der Waals surface area (Å²) in [6.45, 7) is 0.261. The van der Waals surface area contributed by atoms with Crippen LogP contribution in [0.1, 0.15) is 11.1 Å². The zero-order valence-electron chi connectivity index (χ0n) is 11.0. The first-order valence-electron chi connectivity index (χ1n) is 5.89. The first kappa shape index (κ1) is 16.0. The van der Waals surface area contributed by atoms with Gasteiger partial charge in [-0.25, -0.2) is 0 Å². The predicted octanol–water partition coefficient (Wildman–Crippen LogP) is 5.22. The lowest BCUT2D eigenvalue weighted by atomic mass is 10.2. The molecule has 2 aromatic carbocycles. The Morgan fingerprint density at radius 2 is 2.00 bits per heavy atom. The molecule has 0 spiro atoms. The average molecular weight is 387 g/mol. The Kier molecular flexibility index (Phi) is 5.35. The van der Waals surface area contributed by atoms with E-state index in [4.69, 9.17) is 37.9 Å². The molecule has 0 N–H and O–H groups in total. The van der Waals surface area contributed by atoms with Crippen molar-refractivity contribution in [1.29, 1.82) is 5.26 Å². The van der Waals surface area contributed by atoms with Crippen molar-refractivity contribution in [1.82, 2.24) is 0 Å². The fourth-order valence-corrected chi connectivity index (χ4v) is 2.73. The van der Waals surface area contributed by atoms with Crippen LogP contribution in [-0.4, -0.2) is 7.11 Å². The van der Waals surface area contributed by atoms with E-state index in [2.05, 4.69) is 22.0 Å². The molecule has 0 aromatic heterocycles. The molecule has 0 aliphatic carbocycles. The number of hydrogen-bond donors (Lipinski definition) is 0. The summed E-state index contributed by atoms with van der Waals surface area (Å²) >= 11 is 15.3. The molecule has 0 atom stereocenters. The van der Waals surface area contributed by atoms with Gasteiger partial charge in [-0.2, -0.15) is 5.26 Å². The van der Waals surface area contributed by atoms with E-state index in [1.165, 1.54) is 7.11 Å². The Hall–Kier alpha value is -1.41. The van der Waals surface area contributed by atoms with Crippen LogP contribution in [0.3, 0.4) is 0 Å². The predicted molar refractivity (Wildman–Crippen MR) is 86.2 cm³/mol. The Balaban J connectivity index is 2.26. The average Bonchev–Trinajstić information content (AvgIpc) is 2.46. The molecule has 0 aliphatic heterocycles. The molecule has 0 heterocycles. The van der Waals surface area contributed by atoms with Crippen LogP contribution in [0.15, 0.2) is 34.8 Å². The Bertz CT molecular complexity index is 714. The summed E-state index contributed by atoms with van der Waals surface area (Å²) in [4.78, 5) is 0. The van der Waals surface area contributed by atoms with Crippen LogP contribution in [0.4, 0.5) is 0 Å². The molecule has 3 nitrogen and oxygen atoms in total. The minimum absolute atomic E-state index is 0.261. The second-order valence-corrected chi connectivity index (χ2v) is 5.82. The van der Waals surface area contributed by atoms with E-state index in [9.17, 15) is 0 Å². The number of nitriles is 1. The molecule has 2 rings (SSSR count). The molecule has 0 amide bonds. The van der Waals surface area contributed by atoms with E-state index in [-0.39, 0.29) is 6.61 Å². The van der Waals surface area contributed by atoms with Gasteiger partial charge in [0, 0.05) is 21.7 Å². The summed E-state index contributed by atoms with van der Waals surface area (Å²) in [5, 5.41) is 10.0. The monoisotopic (exact) mass is 385 g/mol. The summed E-state index contributed by atoms with van der Waals surface area (Å²) in [6, 6.07) is 10.5. The van der Waals surface area contributed by atoms with Crippen molar-refractivity contribution in [3.8, 4) is 17.6 Å². The number of ether oxygens (including phenoxy) is 2. The number of benzene rings is 2. The van der Waals surface area contributed by atoms with Crippen molar-refractivity contribution in [2.45, 2.75) is 6.61 Å². The van der Waals surface area contributed by atoms with E-state index in [1.807, 2.05) is 0 Å². The minimum Gasteiger partial charge on any atom is -0.493 e. The highest BCUT2D eigenvalue weighted by atomic mass is 79.9. The highest BCUT2D eigenvalue weighted by Crippen LogP contribution is 2.37. The van der Waals surface area contributed by atoms with Gasteiger partial charge in [-0.3, -0.25) is 0 Å². The summed E-state index contributed by atoms with van der Waals surface area (Å²) in [7, 11) is 1.52. The third kappa shape index (κ3) is 3.82. The topological polar surface area (TPSA) is 42.2 Å². The number of methoxy groups -OCH3 is 1. The highest BCUT2D eigenvalue weighted by Gasteiger charge is 2.12. The first-order valence-corrected chi connectivity index (χ1v) is 7.44. The number of rotatable bonds is 4. The number of hydrogen-bond acceptors (Lipinski definition) is 3. The van der Waals surface area contributed by atoms with E-state index >= 15 is 0 Å². The molecular formula is C15H10BrCl2NO2. The van der Waals surface area contributed by atoms with E-state index in [0.717, 1.165) is 5.56 Å². The van der Waals surface area contributed by atoms with Crippen molar-refractivity contribution in [2.24, 2.45) is 0 Å². The molecule has 0 radical (unpaired) electrons. The second-order valence-electron chi connectivity index (χ2n) is 4.13. The molecule has 0 aliphatic rings.